The lowest BCUT2D eigenvalue weighted by Gasteiger charge is -2.05. The minimum absolute atomic E-state index is 0.379. The smallest absolute Gasteiger partial charge is 0.338 e. The van der Waals surface area contributed by atoms with Crippen molar-refractivity contribution >= 4 is 28.5 Å². The topological polar surface area (TPSA) is 57.0 Å². The fourth-order valence-electron chi connectivity index (χ4n) is 2.50. The van der Waals surface area contributed by atoms with Gasteiger partial charge in [0.05, 0.1) is 23.9 Å². The first-order chi connectivity index (χ1) is 10.6. The number of fused-ring (bicyclic) bond motifs is 1. The van der Waals surface area contributed by atoms with E-state index in [9.17, 15) is 4.79 Å². The minimum atomic E-state index is -0.379. The molecule has 5 nitrogen and oxygen atoms in total. The number of ether oxygens (including phenoxy) is 1. The molecular formula is C16H14ClN3O2. The van der Waals surface area contributed by atoms with Crippen LogP contribution in [-0.2, 0) is 18.2 Å². The third-order valence-corrected chi connectivity index (χ3v) is 3.79. The van der Waals surface area contributed by atoms with Crippen LogP contribution in [0.3, 0.4) is 0 Å². The molecule has 0 N–H and O–H groups in total. The number of hydrogen-bond donors (Lipinski definition) is 0. The molecule has 0 saturated heterocycles. The number of esters is 1. The number of rotatable bonds is 3. The number of benzene rings is 1. The first kappa shape index (κ1) is 14.5. The van der Waals surface area contributed by atoms with Crippen LogP contribution in [0, 0.1) is 0 Å². The van der Waals surface area contributed by atoms with Gasteiger partial charge in [0.25, 0.3) is 0 Å². The van der Waals surface area contributed by atoms with Gasteiger partial charge in [-0.05, 0) is 29.8 Å². The maximum Gasteiger partial charge on any atom is 0.338 e. The average Bonchev–Trinajstić information content (AvgIpc) is 2.82. The Bertz CT molecular complexity index is 858. The zero-order valence-electron chi connectivity index (χ0n) is 12.2. The fourth-order valence-corrected chi connectivity index (χ4v) is 2.67. The number of hydrogen-bond acceptors (Lipinski definition) is 4. The molecule has 0 fully saturated rings. The lowest BCUT2D eigenvalue weighted by atomic mass is 10.0. The highest BCUT2D eigenvalue weighted by Gasteiger charge is 2.15. The van der Waals surface area contributed by atoms with E-state index >= 15 is 0 Å². The summed E-state index contributed by atoms with van der Waals surface area (Å²) in [5.41, 5.74) is 3.11. The summed E-state index contributed by atoms with van der Waals surface area (Å²) >= 11 is 6.08. The molecule has 2 heterocycles. The van der Waals surface area contributed by atoms with Crippen LogP contribution in [0.2, 0.25) is 5.02 Å². The maximum absolute atomic E-state index is 11.9. The number of methoxy groups -OCH3 is 1. The van der Waals surface area contributed by atoms with E-state index in [1.807, 2.05) is 25.2 Å². The second-order valence-corrected chi connectivity index (χ2v) is 5.37. The second kappa shape index (κ2) is 5.77. The van der Waals surface area contributed by atoms with Crippen LogP contribution in [0.25, 0.3) is 10.9 Å². The van der Waals surface area contributed by atoms with Crippen molar-refractivity contribution in [1.82, 2.24) is 14.8 Å². The molecule has 0 aliphatic carbocycles. The maximum atomic E-state index is 11.9. The molecule has 0 aliphatic heterocycles. The van der Waals surface area contributed by atoms with Gasteiger partial charge in [0.2, 0.25) is 0 Å². The van der Waals surface area contributed by atoms with Crippen molar-refractivity contribution in [1.29, 1.82) is 0 Å². The lowest BCUT2D eigenvalue weighted by molar-refractivity contribution is 0.0599. The van der Waals surface area contributed by atoms with Gasteiger partial charge in [-0.3, -0.25) is 9.67 Å². The van der Waals surface area contributed by atoms with E-state index in [4.69, 9.17) is 16.3 Å². The van der Waals surface area contributed by atoms with E-state index in [-0.39, 0.29) is 5.97 Å². The number of pyridine rings is 1. The number of aryl methyl sites for hydroxylation is 1. The van der Waals surface area contributed by atoms with E-state index in [1.54, 1.807) is 23.1 Å². The number of halogens is 1. The zero-order valence-corrected chi connectivity index (χ0v) is 13.0. The fraction of sp³-hybridized carbons (Fsp3) is 0.188. The molecule has 0 spiro atoms. The van der Waals surface area contributed by atoms with Gasteiger partial charge in [0, 0.05) is 36.3 Å². The van der Waals surface area contributed by atoms with Gasteiger partial charge in [0.1, 0.15) is 0 Å². The number of aromatic nitrogens is 3. The van der Waals surface area contributed by atoms with Gasteiger partial charge in [-0.1, -0.05) is 11.6 Å². The highest BCUT2D eigenvalue weighted by molar-refractivity contribution is 6.31. The van der Waals surface area contributed by atoms with Crippen molar-refractivity contribution in [2.24, 2.45) is 7.05 Å². The van der Waals surface area contributed by atoms with Gasteiger partial charge >= 0.3 is 5.97 Å². The molecule has 1 aromatic carbocycles. The Morgan fingerprint density at radius 2 is 2.18 bits per heavy atom. The van der Waals surface area contributed by atoms with Crippen molar-refractivity contribution in [3.05, 3.63) is 58.5 Å². The Hall–Kier alpha value is -2.40. The van der Waals surface area contributed by atoms with E-state index < -0.39 is 0 Å². The summed E-state index contributed by atoms with van der Waals surface area (Å²) in [4.78, 5) is 15.9. The predicted molar refractivity (Wildman–Crippen MR) is 84.1 cm³/mol. The molecule has 6 heteroatoms. The number of carbonyl (C=O) groups is 1. The van der Waals surface area contributed by atoms with E-state index in [0.29, 0.717) is 17.0 Å². The predicted octanol–water partition coefficient (Wildman–Crippen LogP) is 3.00. The quantitative estimate of drug-likeness (QED) is 0.697. The van der Waals surface area contributed by atoms with Gasteiger partial charge in [-0.25, -0.2) is 4.79 Å². The molecule has 0 aliphatic rings. The number of carbonyl (C=O) groups excluding carboxylic acids is 1. The van der Waals surface area contributed by atoms with Crippen molar-refractivity contribution in [3.8, 4) is 0 Å². The highest BCUT2D eigenvalue weighted by atomic mass is 35.5. The molecule has 0 saturated carbocycles. The summed E-state index contributed by atoms with van der Waals surface area (Å²) in [6.07, 6.45) is 3.72. The summed E-state index contributed by atoms with van der Waals surface area (Å²) in [6, 6.07) is 7.30. The van der Waals surface area contributed by atoms with Gasteiger partial charge in [-0.15, -0.1) is 0 Å². The Morgan fingerprint density at radius 3 is 2.95 bits per heavy atom. The molecule has 0 unspecified atom stereocenters. The molecule has 0 atom stereocenters. The SMILES string of the molecule is COC(=O)c1ccncc1Cc1nn(C)c2ccc(Cl)cc12. The second-order valence-electron chi connectivity index (χ2n) is 4.93. The molecule has 112 valence electrons. The Labute approximate surface area is 132 Å². The van der Waals surface area contributed by atoms with Crippen molar-refractivity contribution in [3.63, 3.8) is 0 Å². The standard InChI is InChI=1S/C16H14ClN3O2/c1-20-15-4-3-11(17)8-13(15)14(19-20)7-10-9-18-6-5-12(10)16(21)22-2/h3-6,8-9H,7H2,1-2H3. The summed E-state index contributed by atoms with van der Waals surface area (Å²) in [5.74, 6) is -0.379. The number of nitrogens with zero attached hydrogens (tertiary/aromatic N) is 3. The van der Waals surface area contributed by atoms with Gasteiger partial charge in [0.15, 0.2) is 0 Å². The van der Waals surface area contributed by atoms with Crippen molar-refractivity contribution in [2.45, 2.75) is 6.42 Å². The average molecular weight is 316 g/mol. The van der Waals surface area contributed by atoms with Crippen LogP contribution in [-0.4, -0.2) is 27.8 Å². The zero-order chi connectivity index (χ0) is 15.7. The Morgan fingerprint density at radius 1 is 1.36 bits per heavy atom. The van der Waals surface area contributed by atoms with Gasteiger partial charge in [-0.2, -0.15) is 5.10 Å². The largest absolute Gasteiger partial charge is 0.465 e. The minimum Gasteiger partial charge on any atom is -0.465 e. The van der Waals surface area contributed by atoms with Crippen molar-refractivity contribution < 1.29 is 9.53 Å². The van der Waals surface area contributed by atoms with E-state index in [1.165, 1.54) is 7.11 Å². The molecule has 22 heavy (non-hydrogen) atoms. The van der Waals surface area contributed by atoms with Gasteiger partial charge < -0.3 is 4.74 Å². The van der Waals surface area contributed by atoms with E-state index in [0.717, 1.165) is 22.2 Å². The molecule has 2 aromatic heterocycles. The molecule has 0 radical (unpaired) electrons. The van der Waals surface area contributed by atoms with Crippen LogP contribution in [0.15, 0.2) is 36.7 Å². The summed E-state index contributed by atoms with van der Waals surface area (Å²) in [5, 5.41) is 6.15. The normalized spacial score (nSPS) is 10.9. The van der Waals surface area contributed by atoms with Crippen LogP contribution in [0.5, 0.6) is 0 Å². The van der Waals surface area contributed by atoms with Crippen LogP contribution >= 0.6 is 11.6 Å². The molecule has 3 aromatic rings. The van der Waals surface area contributed by atoms with Crippen LogP contribution < -0.4 is 0 Å². The molecule has 3 rings (SSSR count). The first-order valence-corrected chi connectivity index (χ1v) is 7.10. The summed E-state index contributed by atoms with van der Waals surface area (Å²) < 4.78 is 6.61. The first-order valence-electron chi connectivity index (χ1n) is 6.72. The van der Waals surface area contributed by atoms with Crippen molar-refractivity contribution in [2.75, 3.05) is 7.11 Å². The summed E-state index contributed by atoms with van der Waals surface area (Å²) in [6.45, 7) is 0. The molecule has 0 bridgehead atoms. The van der Waals surface area contributed by atoms with Crippen LogP contribution in [0.1, 0.15) is 21.6 Å². The monoisotopic (exact) mass is 315 g/mol. The molecular weight excluding hydrogens is 302 g/mol. The highest BCUT2D eigenvalue weighted by Crippen LogP contribution is 2.25. The van der Waals surface area contributed by atoms with Crippen LogP contribution in [0.4, 0.5) is 0 Å². The Kier molecular flexibility index (Phi) is 3.81. The summed E-state index contributed by atoms with van der Waals surface area (Å²) in [7, 11) is 3.24. The third kappa shape index (κ3) is 2.55. The lowest BCUT2D eigenvalue weighted by Crippen LogP contribution is -2.07. The third-order valence-electron chi connectivity index (χ3n) is 3.56. The Balaban J connectivity index is 2.08. The van der Waals surface area contributed by atoms with E-state index in [2.05, 4.69) is 10.1 Å². The molecule has 0 amide bonds.